The summed E-state index contributed by atoms with van der Waals surface area (Å²) in [5, 5.41) is 6.01. The zero-order valence-electron chi connectivity index (χ0n) is 13.8. The molecule has 2 heterocycles. The summed E-state index contributed by atoms with van der Waals surface area (Å²) < 4.78 is 24.9. The number of thiazole rings is 1. The molecule has 0 fully saturated rings. The van der Waals surface area contributed by atoms with Crippen LogP contribution in [0.3, 0.4) is 0 Å². The maximum Gasteiger partial charge on any atom is 0.268 e. The molecule has 1 amide bonds. The molecule has 0 aliphatic heterocycles. The van der Waals surface area contributed by atoms with Crippen LogP contribution in [0.1, 0.15) is 29.1 Å². The first-order valence-electron chi connectivity index (χ1n) is 7.38. The average molecular weight is 398 g/mol. The van der Waals surface area contributed by atoms with E-state index in [9.17, 15) is 13.2 Å². The Balaban J connectivity index is 1.84. The second-order valence-electron chi connectivity index (χ2n) is 5.80. The number of fused-ring (bicyclic) bond motifs is 1. The number of sulfone groups is 1. The summed E-state index contributed by atoms with van der Waals surface area (Å²) in [7, 11) is -1.55. The molecule has 6 nitrogen and oxygen atoms in total. The third-order valence-corrected chi connectivity index (χ3v) is 6.66. The molecule has 0 saturated heterocycles. The predicted molar refractivity (Wildman–Crippen MR) is 99.0 cm³/mol. The minimum Gasteiger partial charge on any atom is -0.343 e. The van der Waals surface area contributed by atoms with Crippen LogP contribution in [0.5, 0.6) is 0 Å². The fourth-order valence-corrected chi connectivity index (χ4v) is 4.42. The number of aryl methyl sites for hydroxylation is 1. The minimum atomic E-state index is -3.35. The molecule has 0 spiro atoms. The van der Waals surface area contributed by atoms with Crippen molar-refractivity contribution in [1.29, 1.82) is 0 Å². The van der Waals surface area contributed by atoms with E-state index in [1.54, 1.807) is 42.1 Å². The lowest BCUT2D eigenvalue weighted by Crippen LogP contribution is -2.28. The number of hydrogen-bond donors (Lipinski definition) is 1. The largest absolute Gasteiger partial charge is 0.343 e. The van der Waals surface area contributed by atoms with Gasteiger partial charge in [0, 0.05) is 34.6 Å². The van der Waals surface area contributed by atoms with Crippen molar-refractivity contribution in [3.8, 4) is 0 Å². The highest BCUT2D eigenvalue weighted by Gasteiger charge is 2.20. The van der Waals surface area contributed by atoms with E-state index in [2.05, 4.69) is 10.3 Å². The van der Waals surface area contributed by atoms with Gasteiger partial charge in [-0.1, -0.05) is 17.7 Å². The molecule has 25 heavy (non-hydrogen) atoms. The first-order valence-corrected chi connectivity index (χ1v) is 10.5. The Hall–Kier alpha value is -1.90. The van der Waals surface area contributed by atoms with E-state index in [4.69, 9.17) is 11.6 Å². The zero-order valence-corrected chi connectivity index (χ0v) is 16.2. The number of nitrogens with one attached hydrogen (secondary N) is 1. The van der Waals surface area contributed by atoms with Crippen LogP contribution in [0.4, 0.5) is 0 Å². The Morgan fingerprint density at radius 1 is 1.36 bits per heavy atom. The maximum atomic E-state index is 12.6. The topological polar surface area (TPSA) is 81.1 Å². The van der Waals surface area contributed by atoms with Gasteiger partial charge in [0.05, 0.1) is 11.7 Å². The molecule has 1 atom stereocenters. The normalized spacial score (nSPS) is 13.1. The van der Waals surface area contributed by atoms with Gasteiger partial charge in [-0.2, -0.15) is 0 Å². The number of nitrogens with zero attached hydrogens (tertiary/aromatic N) is 2. The molecule has 0 radical (unpaired) electrons. The summed E-state index contributed by atoms with van der Waals surface area (Å²) in [5.74, 6) is -0.267. The molecule has 1 aromatic carbocycles. The van der Waals surface area contributed by atoms with Crippen LogP contribution in [0, 0.1) is 0 Å². The van der Waals surface area contributed by atoms with E-state index in [1.165, 1.54) is 0 Å². The van der Waals surface area contributed by atoms with Crippen molar-refractivity contribution < 1.29 is 13.2 Å². The Labute approximate surface area is 154 Å². The van der Waals surface area contributed by atoms with Crippen molar-refractivity contribution in [2.45, 2.75) is 17.3 Å². The van der Waals surface area contributed by atoms with Crippen molar-refractivity contribution in [1.82, 2.24) is 14.9 Å². The molecule has 3 aromatic rings. The molecule has 2 aromatic heterocycles. The van der Waals surface area contributed by atoms with E-state index in [0.29, 0.717) is 16.4 Å². The lowest BCUT2D eigenvalue weighted by molar-refractivity contribution is 0.0931. The lowest BCUT2D eigenvalue weighted by Gasteiger charge is -2.12. The van der Waals surface area contributed by atoms with Gasteiger partial charge in [0.25, 0.3) is 5.91 Å². The monoisotopic (exact) mass is 397 g/mol. The van der Waals surface area contributed by atoms with Crippen LogP contribution in [0.15, 0.2) is 34.0 Å². The standard InChI is InChI=1S/C16H16ClN3O3S2/c1-9(12-8-24-16(19-12)25(3,22)23)18-15(21)14-6-10-4-5-11(17)7-13(10)20(14)2/h4-9H,1-3H3,(H,18,21). The summed E-state index contributed by atoms with van der Waals surface area (Å²) in [6.07, 6.45) is 1.11. The number of halogens is 1. The third-order valence-electron chi connectivity index (χ3n) is 3.85. The highest BCUT2D eigenvalue weighted by atomic mass is 35.5. The maximum absolute atomic E-state index is 12.6. The second-order valence-corrected chi connectivity index (χ2v) is 9.28. The highest BCUT2D eigenvalue weighted by Crippen LogP contribution is 2.24. The Morgan fingerprint density at radius 3 is 2.72 bits per heavy atom. The number of benzene rings is 1. The van der Waals surface area contributed by atoms with Crippen LogP contribution < -0.4 is 5.32 Å². The smallest absolute Gasteiger partial charge is 0.268 e. The number of aromatic nitrogens is 2. The van der Waals surface area contributed by atoms with Crippen molar-refractivity contribution in [2.75, 3.05) is 6.26 Å². The number of carbonyl (C=O) groups excluding carboxylic acids is 1. The molecule has 132 valence electrons. The summed E-state index contributed by atoms with van der Waals surface area (Å²) in [6, 6.07) is 6.81. The number of rotatable bonds is 4. The highest BCUT2D eigenvalue weighted by molar-refractivity contribution is 7.92. The molecule has 0 aliphatic carbocycles. The SMILES string of the molecule is CC(NC(=O)c1cc2ccc(Cl)cc2n1C)c1csc(S(C)(=O)=O)n1. The summed E-state index contributed by atoms with van der Waals surface area (Å²) in [6.45, 7) is 1.76. The van der Waals surface area contributed by atoms with Crippen molar-refractivity contribution in [3.63, 3.8) is 0 Å². The summed E-state index contributed by atoms with van der Waals surface area (Å²) in [5.41, 5.74) is 1.86. The molecule has 3 rings (SSSR count). The van der Waals surface area contributed by atoms with Crippen molar-refractivity contribution in [2.24, 2.45) is 7.05 Å². The fourth-order valence-electron chi connectivity index (χ4n) is 2.50. The van der Waals surface area contributed by atoms with E-state index in [-0.39, 0.29) is 10.2 Å². The van der Waals surface area contributed by atoms with Gasteiger partial charge in [-0.05, 0) is 25.1 Å². The molecule has 0 bridgehead atoms. The van der Waals surface area contributed by atoms with Gasteiger partial charge in [-0.15, -0.1) is 11.3 Å². The summed E-state index contributed by atoms with van der Waals surface area (Å²) >= 11 is 7.06. The lowest BCUT2D eigenvalue weighted by atomic mass is 10.2. The average Bonchev–Trinajstić information content (AvgIpc) is 3.13. The zero-order chi connectivity index (χ0) is 18.4. The quantitative estimate of drug-likeness (QED) is 0.733. The van der Waals surface area contributed by atoms with Gasteiger partial charge >= 0.3 is 0 Å². The van der Waals surface area contributed by atoms with Gasteiger partial charge in [-0.25, -0.2) is 13.4 Å². The van der Waals surface area contributed by atoms with Crippen molar-refractivity contribution in [3.05, 3.63) is 46.1 Å². The first kappa shape index (κ1) is 17.9. The van der Waals surface area contributed by atoms with E-state index in [1.807, 2.05) is 6.07 Å². The predicted octanol–water partition coefficient (Wildman–Crippen LogP) is 3.18. The van der Waals surface area contributed by atoms with E-state index < -0.39 is 15.9 Å². The van der Waals surface area contributed by atoms with Crippen LogP contribution in [0.2, 0.25) is 5.02 Å². The second kappa shape index (κ2) is 6.44. The van der Waals surface area contributed by atoms with Crippen LogP contribution in [0.25, 0.3) is 10.9 Å². The van der Waals surface area contributed by atoms with Gasteiger partial charge < -0.3 is 9.88 Å². The van der Waals surface area contributed by atoms with Crippen LogP contribution in [-0.4, -0.2) is 30.1 Å². The molecule has 9 heteroatoms. The molecule has 0 saturated carbocycles. The number of carbonyl (C=O) groups is 1. The minimum absolute atomic E-state index is 0.0443. The van der Waals surface area contributed by atoms with Crippen molar-refractivity contribution >= 4 is 49.6 Å². The molecule has 0 aliphatic rings. The van der Waals surface area contributed by atoms with Crippen LogP contribution >= 0.6 is 22.9 Å². The Kier molecular flexibility index (Phi) is 4.61. The number of amides is 1. The van der Waals surface area contributed by atoms with E-state index >= 15 is 0 Å². The van der Waals surface area contributed by atoms with Gasteiger partial charge in [0.2, 0.25) is 14.2 Å². The van der Waals surface area contributed by atoms with Crippen LogP contribution in [-0.2, 0) is 16.9 Å². The molecular formula is C16H16ClN3O3S2. The van der Waals surface area contributed by atoms with Gasteiger partial charge in [-0.3, -0.25) is 4.79 Å². The van der Waals surface area contributed by atoms with E-state index in [0.717, 1.165) is 28.5 Å². The van der Waals surface area contributed by atoms with Gasteiger partial charge in [0.1, 0.15) is 5.69 Å². The number of hydrogen-bond acceptors (Lipinski definition) is 5. The fraction of sp³-hybridized carbons (Fsp3) is 0.250. The molecular weight excluding hydrogens is 382 g/mol. The third kappa shape index (κ3) is 3.56. The summed E-state index contributed by atoms with van der Waals surface area (Å²) in [4.78, 5) is 16.7. The molecule has 1 N–H and O–H groups in total. The Bertz CT molecular complexity index is 1070. The Morgan fingerprint density at radius 2 is 2.08 bits per heavy atom. The molecule has 1 unspecified atom stereocenters. The first-order chi connectivity index (χ1) is 11.7. The van der Waals surface area contributed by atoms with Gasteiger partial charge in [0.15, 0.2) is 0 Å².